The third-order valence-electron chi connectivity index (χ3n) is 6.10. The van der Waals surface area contributed by atoms with Crippen LogP contribution in [0.15, 0.2) is 60.0 Å². The van der Waals surface area contributed by atoms with Crippen LogP contribution in [0.25, 0.3) is 22.3 Å². The van der Waals surface area contributed by atoms with Crippen LogP contribution in [-0.2, 0) is 47.7 Å². The number of esters is 5. The highest BCUT2D eigenvalue weighted by Crippen LogP contribution is 2.37. The fourth-order valence-corrected chi connectivity index (χ4v) is 5.27. The van der Waals surface area contributed by atoms with Crippen molar-refractivity contribution in [2.75, 3.05) is 18.5 Å². The van der Waals surface area contributed by atoms with E-state index >= 15 is 0 Å². The van der Waals surface area contributed by atoms with Gasteiger partial charge in [0.2, 0.25) is 6.10 Å². The second-order valence-electron chi connectivity index (χ2n) is 9.56. The summed E-state index contributed by atoms with van der Waals surface area (Å²) in [6, 6.07) is 17.2. The average Bonchev–Trinajstić information content (AvgIpc) is 3.40. The number of hydrogen-bond acceptors (Lipinski definition) is 12. The zero-order valence-corrected chi connectivity index (χ0v) is 26.1. The number of hydrogen-bond donors (Lipinski definition) is 1. The molecule has 0 fully saturated rings. The van der Waals surface area contributed by atoms with E-state index in [1.54, 1.807) is 12.3 Å². The predicted octanol–water partition coefficient (Wildman–Crippen LogP) is 4.56. The van der Waals surface area contributed by atoms with Crippen molar-refractivity contribution in [3.63, 3.8) is 0 Å². The number of benzene rings is 2. The molecule has 3 aromatic rings. The largest absolute Gasteiger partial charge is 0.462 e. The first kappa shape index (κ1) is 34.5. The van der Waals surface area contributed by atoms with Crippen molar-refractivity contribution in [1.29, 1.82) is 0 Å². The van der Waals surface area contributed by atoms with Gasteiger partial charge in [-0.25, -0.2) is 4.79 Å². The minimum Gasteiger partial charge on any atom is -0.462 e. The van der Waals surface area contributed by atoms with Gasteiger partial charge in [0.15, 0.2) is 12.2 Å². The summed E-state index contributed by atoms with van der Waals surface area (Å²) >= 11 is 1.01. The van der Waals surface area contributed by atoms with Crippen molar-refractivity contribution in [1.82, 2.24) is 0 Å². The Labute approximate surface area is 263 Å². The van der Waals surface area contributed by atoms with E-state index in [9.17, 15) is 28.8 Å². The van der Waals surface area contributed by atoms with E-state index in [1.165, 1.54) is 0 Å². The molecule has 1 N–H and O–H groups in total. The van der Waals surface area contributed by atoms with Crippen LogP contribution >= 0.6 is 11.3 Å². The van der Waals surface area contributed by atoms with E-state index in [4.69, 9.17) is 23.7 Å². The van der Waals surface area contributed by atoms with E-state index in [0.717, 1.165) is 50.2 Å². The van der Waals surface area contributed by atoms with Gasteiger partial charge >= 0.3 is 29.8 Å². The van der Waals surface area contributed by atoms with E-state index in [0.29, 0.717) is 11.1 Å². The highest BCUT2D eigenvalue weighted by molar-refractivity contribution is 7.15. The zero-order chi connectivity index (χ0) is 33.1. The third-order valence-corrected chi connectivity index (χ3v) is 6.99. The summed E-state index contributed by atoms with van der Waals surface area (Å²) in [5.74, 6) is -5.17. The van der Waals surface area contributed by atoms with E-state index in [2.05, 4.69) is 5.32 Å². The van der Waals surface area contributed by atoms with Crippen LogP contribution in [0, 0.1) is 0 Å². The Morgan fingerprint density at radius 1 is 0.711 bits per heavy atom. The summed E-state index contributed by atoms with van der Waals surface area (Å²) in [4.78, 5) is 74.3. The van der Waals surface area contributed by atoms with Crippen molar-refractivity contribution >= 4 is 52.1 Å². The summed E-state index contributed by atoms with van der Waals surface area (Å²) in [7, 11) is 0. The van der Waals surface area contributed by atoms with Crippen molar-refractivity contribution in [3.05, 3.63) is 65.5 Å². The maximum atomic E-state index is 13.7. The Morgan fingerprint density at radius 3 is 1.84 bits per heavy atom. The summed E-state index contributed by atoms with van der Waals surface area (Å²) in [6.45, 7) is 5.27. The summed E-state index contributed by atoms with van der Waals surface area (Å²) in [5.41, 5.74) is 3.15. The Balaban J connectivity index is 2.02. The standard InChI is InChI=1S/C32H33NO11S/c1-6-40-32(39)27-25(24-14-12-23(13-15-24)22-10-8-7-9-11-22)17-45-31(27)33-30(38)29(44-21(5)37)28(43-20(4)36)26(42-19(3)35)16-41-18(2)34/h7-15,17,26,28-29H,6,16H2,1-5H3,(H,33,38)/t26-,28+,29-/m1/s1. The molecular weight excluding hydrogens is 606 g/mol. The van der Waals surface area contributed by atoms with Crippen LogP contribution in [-0.4, -0.2) is 67.3 Å². The van der Waals surface area contributed by atoms with Crippen molar-refractivity contribution in [2.45, 2.75) is 52.9 Å². The van der Waals surface area contributed by atoms with Gasteiger partial charge in [-0.1, -0.05) is 54.6 Å². The summed E-state index contributed by atoms with van der Waals surface area (Å²) < 4.78 is 25.9. The number of carbonyl (C=O) groups is 6. The number of rotatable bonds is 13. The fraction of sp³-hybridized carbons (Fsp3) is 0.312. The molecular formula is C32H33NO11S. The predicted molar refractivity (Wildman–Crippen MR) is 163 cm³/mol. The molecule has 0 aliphatic carbocycles. The van der Waals surface area contributed by atoms with Gasteiger partial charge in [0.1, 0.15) is 17.2 Å². The van der Waals surface area contributed by atoms with Crippen LogP contribution in [0.4, 0.5) is 5.00 Å². The Kier molecular flexibility index (Phi) is 12.4. The maximum absolute atomic E-state index is 13.7. The highest BCUT2D eigenvalue weighted by Gasteiger charge is 2.43. The van der Waals surface area contributed by atoms with Gasteiger partial charge in [0.25, 0.3) is 5.91 Å². The lowest BCUT2D eigenvalue weighted by Gasteiger charge is -2.30. The number of nitrogens with one attached hydrogen (secondary N) is 1. The normalized spacial score (nSPS) is 12.6. The fourth-order valence-electron chi connectivity index (χ4n) is 4.31. The molecule has 0 saturated carbocycles. The lowest BCUT2D eigenvalue weighted by Crippen LogP contribution is -2.52. The van der Waals surface area contributed by atoms with Crippen LogP contribution in [0.1, 0.15) is 45.0 Å². The lowest BCUT2D eigenvalue weighted by atomic mass is 9.99. The Morgan fingerprint density at radius 2 is 1.29 bits per heavy atom. The smallest absolute Gasteiger partial charge is 0.341 e. The SMILES string of the molecule is CCOC(=O)c1c(-c2ccc(-c3ccccc3)cc2)csc1NC(=O)[C@H](OC(C)=O)[C@@H](OC(C)=O)[C@@H](COC(C)=O)OC(C)=O. The number of ether oxygens (including phenoxy) is 5. The van der Waals surface area contributed by atoms with Crippen LogP contribution in [0.2, 0.25) is 0 Å². The highest BCUT2D eigenvalue weighted by atomic mass is 32.1. The molecule has 3 atom stereocenters. The van der Waals surface area contributed by atoms with Gasteiger partial charge in [-0.3, -0.25) is 24.0 Å². The zero-order valence-electron chi connectivity index (χ0n) is 25.3. The van der Waals surface area contributed by atoms with Gasteiger partial charge in [-0.15, -0.1) is 11.3 Å². The van der Waals surface area contributed by atoms with Crippen LogP contribution in [0.3, 0.4) is 0 Å². The van der Waals surface area contributed by atoms with Gasteiger partial charge in [-0.05, 0) is 23.6 Å². The van der Waals surface area contributed by atoms with E-state index in [1.807, 2.05) is 54.6 Å². The van der Waals surface area contributed by atoms with Crippen molar-refractivity contribution in [3.8, 4) is 22.3 Å². The monoisotopic (exact) mass is 639 g/mol. The molecule has 0 aliphatic rings. The number of amides is 1. The first-order valence-electron chi connectivity index (χ1n) is 13.8. The molecule has 3 rings (SSSR count). The maximum Gasteiger partial charge on any atom is 0.341 e. The minimum atomic E-state index is -1.89. The van der Waals surface area contributed by atoms with E-state index < -0.39 is 60.7 Å². The molecule has 0 saturated heterocycles. The van der Waals surface area contributed by atoms with Gasteiger partial charge in [0.05, 0.1) is 6.61 Å². The van der Waals surface area contributed by atoms with Gasteiger partial charge < -0.3 is 29.0 Å². The Bertz CT molecular complexity index is 1530. The minimum absolute atomic E-state index is 0.0460. The second kappa shape index (κ2) is 16.1. The Hall–Kier alpha value is -5.04. The molecule has 0 spiro atoms. The molecule has 0 aliphatic heterocycles. The van der Waals surface area contributed by atoms with Gasteiger partial charge in [0, 0.05) is 38.6 Å². The quantitative estimate of drug-likeness (QED) is 0.206. The molecule has 13 heteroatoms. The van der Waals surface area contributed by atoms with Crippen molar-refractivity contribution in [2.24, 2.45) is 0 Å². The van der Waals surface area contributed by atoms with Crippen LogP contribution < -0.4 is 5.32 Å². The molecule has 0 radical (unpaired) electrons. The first-order chi connectivity index (χ1) is 21.4. The first-order valence-corrected chi connectivity index (χ1v) is 14.7. The molecule has 0 bridgehead atoms. The van der Waals surface area contributed by atoms with E-state index in [-0.39, 0.29) is 17.2 Å². The lowest BCUT2D eigenvalue weighted by molar-refractivity contribution is -0.190. The number of anilines is 1. The molecule has 0 unspecified atom stereocenters. The molecule has 1 amide bonds. The summed E-state index contributed by atoms with van der Waals surface area (Å²) in [5, 5.41) is 4.29. The molecule has 2 aromatic carbocycles. The molecule has 45 heavy (non-hydrogen) atoms. The average molecular weight is 640 g/mol. The second-order valence-corrected chi connectivity index (χ2v) is 10.4. The number of thiophene rings is 1. The molecule has 1 aromatic heterocycles. The topological polar surface area (TPSA) is 161 Å². The molecule has 12 nitrogen and oxygen atoms in total. The summed E-state index contributed by atoms with van der Waals surface area (Å²) in [6.07, 6.45) is -5.15. The van der Waals surface area contributed by atoms with Crippen molar-refractivity contribution < 1.29 is 52.5 Å². The van der Waals surface area contributed by atoms with Crippen LogP contribution in [0.5, 0.6) is 0 Å². The third kappa shape index (κ3) is 9.73. The van der Waals surface area contributed by atoms with Gasteiger partial charge in [-0.2, -0.15) is 0 Å². The number of carbonyl (C=O) groups excluding carboxylic acids is 6. The molecule has 238 valence electrons. The molecule has 1 heterocycles.